The van der Waals surface area contributed by atoms with Crippen molar-refractivity contribution in [2.75, 3.05) is 20.1 Å². The van der Waals surface area contributed by atoms with Crippen LogP contribution in [-0.2, 0) is 7.05 Å². The molecule has 2 unspecified atom stereocenters. The molecule has 102 valence electrons. The van der Waals surface area contributed by atoms with Gasteiger partial charge in [-0.15, -0.1) is 0 Å². The van der Waals surface area contributed by atoms with Gasteiger partial charge in [-0.2, -0.15) is 0 Å². The molecule has 0 saturated carbocycles. The maximum atomic E-state index is 11.5. The minimum absolute atomic E-state index is 0.313. The largest absolute Gasteiger partial charge is 0.419 e. The Labute approximate surface area is 111 Å². The summed E-state index contributed by atoms with van der Waals surface area (Å²) in [6, 6.07) is 6.39. The first-order chi connectivity index (χ1) is 9.10. The Kier molecular flexibility index (Phi) is 2.95. The number of aryl methyl sites for hydroxylation is 1. The summed E-state index contributed by atoms with van der Waals surface area (Å²) in [6.07, 6.45) is 1.07. The molecule has 1 aliphatic rings. The zero-order valence-corrected chi connectivity index (χ0v) is 11.3. The van der Waals surface area contributed by atoms with Crippen LogP contribution in [0, 0.1) is 5.92 Å². The van der Waals surface area contributed by atoms with Crippen LogP contribution in [0.5, 0.6) is 0 Å². The predicted molar refractivity (Wildman–Crippen MR) is 74.0 cm³/mol. The molecule has 1 aromatic heterocycles. The Bertz CT molecular complexity index is 658. The molecule has 2 heterocycles. The first-order valence-electron chi connectivity index (χ1n) is 6.60. The summed E-state index contributed by atoms with van der Waals surface area (Å²) in [5, 5.41) is 0. The van der Waals surface area contributed by atoms with Crippen LogP contribution in [0.1, 0.15) is 18.0 Å². The van der Waals surface area contributed by atoms with Gasteiger partial charge in [0.05, 0.1) is 5.52 Å². The summed E-state index contributed by atoms with van der Waals surface area (Å²) in [5.74, 6) is 0.236. The molecule has 1 fully saturated rings. The second kappa shape index (κ2) is 4.51. The molecule has 19 heavy (non-hydrogen) atoms. The Balaban J connectivity index is 2.00. The van der Waals surface area contributed by atoms with E-state index in [9.17, 15) is 4.79 Å². The van der Waals surface area contributed by atoms with Crippen LogP contribution in [0.15, 0.2) is 27.4 Å². The number of hydrogen-bond donors (Lipinski definition) is 1. The van der Waals surface area contributed by atoms with Crippen molar-refractivity contribution in [3.05, 3.63) is 34.3 Å². The van der Waals surface area contributed by atoms with Gasteiger partial charge in [0.15, 0.2) is 5.58 Å². The topological polar surface area (TPSA) is 64.4 Å². The SMILES string of the molecule is CN1CC(CN)CC1c1ccc2c(c1)oc(=O)n2C. The van der Waals surface area contributed by atoms with Crippen LogP contribution >= 0.6 is 0 Å². The van der Waals surface area contributed by atoms with Crippen molar-refractivity contribution in [3.8, 4) is 0 Å². The van der Waals surface area contributed by atoms with E-state index in [1.165, 1.54) is 10.1 Å². The fraction of sp³-hybridized carbons (Fsp3) is 0.500. The molecule has 5 nitrogen and oxygen atoms in total. The number of likely N-dealkylation sites (tertiary alicyclic amines) is 1. The quantitative estimate of drug-likeness (QED) is 0.878. The van der Waals surface area contributed by atoms with Crippen molar-refractivity contribution in [1.29, 1.82) is 0 Å². The van der Waals surface area contributed by atoms with Crippen molar-refractivity contribution in [2.45, 2.75) is 12.5 Å². The van der Waals surface area contributed by atoms with E-state index < -0.39 is 0 Å². The molecule has 0 amide bonds. The van der Waals surface area contributed by atoms with Gasteiger partial charge in [0.25, 0.3) is 0 Å². The average Bonchev–Trinajstić information content (AvgIpc) is 2.91. The van der Waals surface area contributed by atoms with E-state index in [1.54, 1.807) is 7.05 Å². The number of nitrogens with two attached hydrogens (primary N) is 1. The molecule has 1 aliphatic heterocycles. The zero-order chi connectivity index (χ0) is 13.6. The van der Waals surface area contributed by atoms with Crippen LogP contribution in [0.25, 0.3) is 11.1 Å². The standard InChI is InChI=1S/C14H19N3O2/c1-16-8-9(7-15)5-12(16)10-3-4-11-13(6-10)19-14(18)17(11)2/h3-4,6,9,12H,5,7-8,15H2,1-2H3. The summed E-state index contributed by atoms with van der Waals surface area (Å²) >= 11 is 0. The third-order valence-electron chi connectivity index (χ3n) is 4.17. The Morgan fingerprint density at radius 3 is 2.89 bits per heavy atom. The number of benzene rings is 1. The van der Waals surface area contributed by atoms with Gasteiger partial charge in [-0.3, -0.25) is 9.47 Å². The highest BCUT2D eigenvalue weighted by molar-refractivity contribution is 5.73. The lowest BCUT2D eigenvalue weighted by molar-refractivity contribution is 0.313. The van der Waals surface area contributed by atoms with Crippen molar-refractivity contribution in [2.24, 2.45) is 18.7 Å². The number of fused-ring (bicyclic) bond motifs is 1. The van der Waals surface area contributed by atoms with Gasteiger partial charge in [0.2, 0.25) is 0 Å². The van der Waals surface area contributed by atoms with Crippen LogP contribution in [0.2, 0.25) is 0 Å². The van der Waals surface area contributed by atoms with Crippen molar-refractivity contribution >= 4 is 11.1 Å². The molecule has 1 saturated heterocycles. The van der Waals surface area contributed by atoms with E-state index in [0.717, 1.165) is 25.0 Å². The van der Waals surface area contributed by atoms with Crippen LogP contribution in [-0.4, -0.2) is 29.6 Å². The maximum absolute atomic E-state index is 11.5. The maximum Gasteiger partial charge on any atom is 0.419 e. The lowest BCUT2D eigenvalue weighted by Crippen LogP contribution is -2.20. The Hall–Kier alpha value is -1.59. The fourth-order valence-electron chi connectivity index (χ4n) is 3.02. The van der Waals surface area contributed by atoms with E-state index >= 15 is 0 Å². The predicted octanol–water partition coefficient (Wildman–Crippen LogP) is 1.08. The minimum atomic E-state index is -0.313. The van der Waals surface area contributed by atoms with Gasteiger partial charge in [-0.05, 0) is 43.6 Å². The zero-order valence-electron chi connectivity index (χ0n) is 11.3. The van der Waals surface area contributed by atoms with E-state index in [2.05, 4.69) is 18.0 Å². The molecular formula is C14H19N3O2. The Morgan fingerprint density at radius 2 is 2.21 bits per heavy atom. The minimum Gasteiger partial charge on any atom is -0.408 e. The third kappa shape index (κ3) is 1.99. The summed E-state index contributed by atoms with van der Waals surface area (Å²) in [6.45, 7) is 1.75. The lowest BCUT2D eigenvalue weighted by Gasteiger charge is -2.19. The summed E-state index contributed by atoms with van der Waals surface area (Å²) in [4.78, 5) is 13.8. The van der Waals surface area contributed by atoms with Gasteiger partial charge in [-0.1, -0.05) is 6.07 Å². The number of nitrogens with zero attached hydrogens (tertiary/aromatic N) is 2. The first-order valence-corrected chi connectivity index (χ1v) is 6.60. The molecule has 2 aromatic rings. The molecule has 0 aliphatic carbocycles. The lowest BCUT2D eigenvalue weighted by atomic mass is 10.00. The molecule has 0 radical (unpaired) electrons. The molecule has 1 aromatic carbocycles. The van der Waals surface area contributed by atoms with Crippen molar-refractivity contribution < 1.29 is 4.42 Å². The van der Waals surface area contributed by atoms with Crippen molar-refractivity contribution in [3.63, 3.8) is 0 Å². The summed E-state index contributed by atoms with van der Waals surface area (Å²) in [7, 11) is 3.84. The smallest absolute Gasteiger partial charge is 0.408 e. The monoisotopic (exact) mass is 261 g/mol. The molecular weight excluding hydrogens is 242 g/mol. The molecule has 0 spiro atoms. The number of hydrogen-bond acceptors (Lipinski definition) is 4. The van der Waals surface area contributed by atoms with Gasteiger partial charge in [0, 0.05) is 19.6 Å². The van der Waals surface area contributed by atoms with E-state index in [0.29, 0.717) is 17.5 Å². The van der Waals surface area contributed by atoms with Gasteiger partial charge < -0.3 is 10.2 Å². The molecule has 5 heteroatoms. The van der Waals surface area contributed by atoms with Crippen LogP contribution in [0.3, 0.4) is 0 Å². The fourth-order valence-corrected chi connectivity index (χ4v) is 3.02. The van der Waals surface area contributed by atoms with E-state index in [-0.39, 0.29) is 5.76 Å². The first kappa shape index (κ1) is 12.4. The Morgan fingerprint density at radius 1 is 1.42 bits per heavy atom. The molecule has 3 rings (SSSR count). The molecule has 2 atom stereocenters. The highest BCUT2D eigenvalue weighted by Gasteiger charge is 2.29. The number of rotatable bonds is 2. The van der Waals surface area contributed by atoms with Crippen LogP contribution in [0.4, 0.5) is 0 Å². The average molecular weight is 261 g/mol. The van der Waals surface area contributed by atoms with Gasteiger partial charge >= 0.3 is 5.76 Å². The van der Waals surface area contributed by atoms with E-state index in [4.69, 9.17) is 10.2 Å². The second-order valence-electron chi connectivity index (χ2n) is 5.45. The summed E-state index contributed by atoms with van der Waals surface area (Å²) < 4.78 is 6.78. The third-order valence-corrected chi connectivity index (χ3v) is 4.17. The van der Waals surface area contributed by atoms with E-state index in [1.807, 2.05) is 12.1 Å². The number of aromatic nitrogens is 1. The van der Waals surface area contributed by atoms with Crippen LogP contribution < -0.4 is 11.5 Å². The van der Waals surface area contributed by atoms with Gasteiger partial charge in [0.1, 0.15) is 0 Å². The molecule has 0 bridgehead atoms. The number of oxazole rings is 1. The van der Waals surface area contributed by atoms with Crippen molar-refractivity contribution in [1.82, 2.24) is 9.47 Å². The highest BCUT2D eigenvalue weighted by atomic mass is 16.4. The molecule has 2 N–H and O–H groups in total. The normalized spacial score (nSPS) is 24.4. The summed E-state index contributed by atoms with van der Waals surface area (Å²) in [5.41, 5.74) is 8.45. The van der Waals surface area contributed by atoms with Gasteiger partial charge in [-0.25, -0.2) is 4.79 Å². The second-order valence-corrected chi connectivity index (χ2v) is 5.45. The highest BCUT2D eigenvalue weighted by Crippen LogP contribution is 2.34.